The van der Waals surface area contributed by atoms with E-state index in [0.717, 1.165) is 5.56 Å². The van der Waals surface area contributed by atoms with Crippen LogP contribution in [0.1, 0.15) is 41.4 Å². The van der Waals surface area contributed by atoms with Crippen molar-refractivity contribution in [3.05, 3.63) is 83.8 Å². The van der Waals surface area contributed by atoms with Crippen LogP contribution < -0.4 is 10.0 Å². The fraction of sp³-hybridized carbons (Fsp3) is 0.190. The third-order valence-corrected chi connectivity index (χ3v) is 5.66. The first-order valence-corrected chi connectivity index (χ1v) is 10.4. The molecule has 0 aliphatic carbocycles. The molecule has 3 aromatic rings. The number of hydrogen-bond donors (Lipinski definition) is 2. The topological polar surface area (TPSA) is 88.4 Å². The van der Waals surface area contributed by atoms with E-state index in [4.69, 9.17) is 4.42 Å². The van der Waals surface area contributed by atoms with Crippen LogP contribution >= 0.6 is 0 Å². The highest BCUT2D eigenvalue weighted by Gasteiger charge is 2.19. The SMILES string of the molecule is CC(C)c1ccc(S(=O)(=O)Nc2ccccc2C(=O)NCc2ccco2)cc1. The minimum absolute atomic E-state index is 0.141. The summed E-state index contributed by atoms with van der Waals surface area (Å²) < 4.78 is 33.2. The number of nitrogens with one attached hydrogen (secondary N) is 2. The van der Waals surface area contributed by atoms with Crippen molar-refractivity contribution in [3.63, 3.8) is 0 Å². The molecule has 0 radical (unpaired) electrons. The van der Waals surface area contributed by atoms with E-state index in [9.17, 15) is 13.2 Å². The molecule has 0 saturated heterocycles. The van der Waals surface area contributed by atoms with Crippen molar-refractivity contribution in [1.29, 1.82) is 0 Å². The molecule has 1 heterocycles. The maximum absolute atomic E-state index is 12.7. The molecule has 0 aliphatic heterocycles. The summed E-state index contributed by atoms with van der Waals surface area (Å²) in [5, 5.41) is 2.72. The summed E-state index contributed by atoms with van der Waals surface area (Å²) in [5.74, 6) is 0.518. The molecular formula is C21H22N2O4S. The van der Waals surface area contributed by atoms with Crippen LogP contribution in [0.15, 0.2) is 76.2 Å². The standard InChI is InChI=1S/C21H22N2O4S/c1-15(2)16-9-11-18(12-10-16)28(25,26)23-20-8-4-3-7-19(20)21(24)22-14-17-6-5-13-27-17/h3-13,15,23H,14H2,1-2H3,(H,22,24). The van der Waals surface area contributed by atoms with E-state index >= 15 is 0 Å². The van der Waals surface area contributed by atoms with Crippen molar-refractivity contribution >= 4 is 21.6 Å². The first kappa shape index (κ1) is 19.7. The smallest absolute Gasteiger partial charge is 0.261 e. The fourth-order valence-corrected chi connectivity index (χ4v) is 3.76. The Hall–Kier alpha value is -3.06. The van der Waals surface area contributed by atoms with Crippen molar-refractivity contribution in [1.82, 2.24) is 5.32 Å². The number of sulfonamides is 1. The number of hydrogen-bond acceptors (Lipinski definition) is 4. The maximum Gasteiger partial charge on any atom is 0.261 e. The minimum atomic E-state index is -3.82. The van der Waals surface area contributed by atoms with Gasteiger partial charge in [-0.2, -0.15) is 0 Å². The summed E-state index contributed by atoms with van der Waals surface area (Å²) in [6.45, 7) is 4.29. The van der Waals surface area contributed by atoms with Gasteiger partial charge in [0.2, 0.25) is 0 Å². The Labute approximate surface area is 164 Å². The molecule has 2 aromatic carbocycles. The molecule has 0 atom stereocenters. The van der Waals surface area contributed by atoms with Crippen molar-refractivity contribution in [3.8, 4) is 0 Å². The van der Waals surface area contributed by atoms with Crippen LogP contribution in [0.5, 0.6) is 0 Å². The van der Waals surface area contributed by atoms with Crippen molar-refractivity contribution in [2.75, 3.05) is 4.72 Å². The lowest BCUT2D eigenvalue weighted by molar-refractivity contribution is 0.0949. The number of anilines is 1. The normalized spacial score (nSPS) is 11.4. The van der Waals surface area contributed by atoms with Crippen LogP contribution in [0.25, 0.3) is 0 Å². The van der Waals surface area contributed by atoms with E-state index in [1.54, 1.807) is 60.7 Å². The van der Waals surface area contributed by atoms with Gasteiger partial charge >= 0.3 is 0 Å². The molecule has 7 heteroatoms. The van der Waals surface area contributed by atoms with Gasteiger partial charge in [-0.15, -0.1) is 0 Å². The second-order valence-electron chi connectivity index (χ2n) is 6.64. The molecule has 0 fully saturated rings. The number of rotatable bonds is 7. The third kappa shape index (κ3) is 4.61. The predicted molar refractivity (Wildman–Crippen MR) is 108 cm³/mol. The van der Waals surface area contributed by atoms with Crippen LogP contribution in [0, 0.1) is 0 Å². The van der Waals surface area contributed by atoms with Gasteiger partial charge in [0.05, 0.1) is 29.0 Å². The quantitative estimate of drug-likeness (QED) is 0.626. The van der Waals surface area contributed by atoms with Gasteiger partial charge in [0.1, 0.15) is 5.76 Å². The molecule has 3 rings (SSSR count). The van der Waals surface area contributed by atoms with Crippen molar-refractivity contribution < 1.29 is 17.6 Å². The summed E-state index contributed by atoms with van der Waals surface area (Å²) in [7, 11) is -3.82. The van der Waals surface area contributed by atoms with Gasteiger partial charge in [0.25, 0.3) is 15.9 Å². The summed E-state index contributed by atoms with van der Waals surface area (Å²) in [6, 6.07) is 16.7. The number of para-hydroxylation sites is 1. The van der Waals surface area contributed by atoms with Crippen LogP contribution in [-0.4, -0.2) is 14.3 Å². The van der Waals surface area contributed by atoms with Gasteiger partial charge in [-0.1, -0.05) is 38.1 Å². The Morgan fingerprint density at radius 2 is 1.71 bits per heavy atom. The van der Waals surface area contributed by atoms with Gasteiger partial charge in [-0.3, -0.25) is 9.52 Å². The lowest BCUT2D eigenvalue weighted by atomic mass is 10.0. The second-order valence-corrected chi connectivity index (χ2v) is 8.32. The van der Waals surface area contributed by atoms with E-state index in [1.807, 2.05) is 13.8 Å². The molecular weight excluding hydrogens is 376 g/mol. The third-order valence-electron chi connectivity index (χ3n) is 4.28. The number of carbonyl (C=O) groups excluding carboxylic acids is 1. The van der Waals surface area contributed by atoms with Gasteiger partial charge in [-0.05, 0) is 47.9 Å². The number of amides is 1. The zero-order valence-electron chi connectivity index (χ0n) is 15.7. The van der Waals surface area contributed by atoms with Crippen molar-refractivity contribution in [2.24, 2.45) is 0 Å². The first-order chi connectivity index (χ1) is 13.4. The Morgan fingerprint density at radius 3 is 2.36 bits per heavy atom. The molecule has 146 valence electrons. The molecule has 0 saturated carbocycles. The molecule has 1 amide bonds. The molecule has 6 nitrogen and oxygen atoms in total. The highest BCUT2D eigenvalue weighted by atomic mass is 32.2. The van der Waals surface area contributed by atoms with E-state index in [2.05, 4.69) is 10.0 Å². The predicted octanol–water partition coefficient (Wildman–Crippen LogP) is 4.13. The molecule has 2 N–H and O–H groups in total. The zero-order valence-corrected chi connectivity index (χ0v) is 16.5. The molecule has 1 aromatic heterocycles. The molecule has 0 bridgehead atoms. The van der Waals surface area contributed by atoms with Gasteiger partial charge in [0.15, 0.2) is 0 Å². The van der Waals surface area contributed by atoms with Crippen LogP contribution in [0.4, 0.5) is 5.69 Å². The summed E-state index contributed by atoms with van der Waals surface area (Å²) >= 11 is 0. The van der Waals surface area contributed by atoms with Crippen molar-refractivity contribution in [2.45, 2.75) is 31.2 Å². The Balaban J connectivity index is 1.79. The fourth-order valence-electron chi connectivity index (χ4n) is 2.68. The summed E-state index contributed by atoms with van der Waals surface area (Å²) in [4.78, 5) is 12.7. The minimum Gasteiger partial charge on any atom is -0.467 e. The van der Waals surface area contributed by atoms with E-state index in [-0.39, 0.29) is 22.7 Å². The average Bonchev–Trinajstić information content (AvgIpc) is 3.20. The summed E-state index contributed by atoms with van der Waals surface area (Å²) in [6.07, 6.45) is 1.52. The lowest BCUT2D eigenvalue weighted by Crippen LogP contribution is -2.24. The monoisotopic (exact) mass is 398 g/mol. The van der Waals surface area contributed by atoms with Gasteiger partial charge in [-0.25, -0.2) is 8.42 Å². The Kier molecular flexibility index (Phi) is 5.84. The first-order valence-electron chi connectivity index (χ1n) is 8.89. The molecule has 0 aliphatic rings. The van der Waals surface area contributed by atoms with Crippen LogP contribution in [0.2, 0.25) is 0 Å². The Bertz CT molecular complexity index is 1040. The summed E-state index contributed by atoms with van der Waals surface area (Å²) in [5.41, 5.74) is 1.50. The van der Waals surface area contributed by atoms with Gasteiger partial charge < -0.3 is 9.73 Å². The number of furan rings is 1. The lowest BCUT2D eigenvalue weighted by Gasteiger charge is -2.13. The van der Waals surface area contributed by atoms with Crippen LogP contribution in [0.3, 0.4) is 0 Å². The zero-order chi connectivity index (χ0) is 20.1. The van der Waals surface area contributed by atoms with E-state index in [0.29, 0.717) is 11.7 Å². The average molecular weight is 398 g/mol. The van der Waals surface area contributed by atoms with E-state index in [1.165, 1.54) is 6.26 Å². The Morgan fingerprint density at radius 1 is 1.00 bits per heavy atom. The maximum atomic E-state index is 12.7. The molecule has 0 spiro atoms. The highest BCUT2D eigenvalue weighted by molar-refractivity contribution is 7.92. The highest BCUT2D eigenvalue weighted by Crippen LogP contribution is 2.22. The largest absolute Gasteiger partial charge is 0.467 e. The number of benzene rings is 2. The van der Waals surface area contributed by atoms with Gasteiger partial charge in [0, 0.05) is 0 Å². The van der Waals surface area contributed by atoms with E-state index < -0.39 is 15.9 Å². The van der Waals surface area contributed by atoms with Crippen LogP contribution in [-0.2, 0) is 16.6 Å². The molecule has 0 unspecified atom stereocenters. The second kappa shape index (κ2) is 8.31. The molecule has 28 heavy (non-hydrogen) atoms. The number of carbonyl (C=O) groups is 1.